The average molecular weight is 232 g/mol. The largest absolute Gasteiger partial charge is 0.378 e. The van der Waals surface area contributed by atoms with E-state index in [-0.39, 0.29) is 0 Å². The Labute approximate surface area is 103 Å². The van der Waals surface area contributed by atoms with Crippen LogP contribution in [0.2, 0.25) is 0 Å². The maximum atomic E-state index is 5.37. The SMILES string of the molecule is CN(c1ccc(N2CCOCC2)cc1)C1CC1. The molecule has 1 aliphatic carbocycles. The second-order valence-electron chi connectivity index (χ2n) is 4.96. The van der Waals surface area contributed by atoms with Crippen molar-refractivity contribution in [3.63, 3.8) is 0 Å². The fourth-order valence-electron chi connectivity index (χ4n) is 2.39. The molecule has 1 heterocycles. The van der Waals surface area contributed by atoms with Gasteiger partial charge in [-0.15, -0.1) is 0 Å². The number of hydrogen-bond donors (Lipinski definition) is 0. The molecule has 1 saturated heterocycles. The zero-order valence-electron chi connectivity index (χ0n) is 10.4. The van der Waals surface area contributed by atoms with Crippen LogP contribution in [0.1, 0.15) is 12.8 Å². The van der Waals surface area contributed by atoms with Crippen LogP contribution >= 0.6 is 0 Å². The molecule has 1 saturated carbocycles. The molecule has 1 aromatic carbocycles. The van der Waals surface area contributed by atoms with Gasteiger partial charge in [0.1, 0.15) is 0 Å². The third-order valence-corrected chi connectivity index (χ3v) is 3.73. The molecule has 3 nitrogen and oxygen atoms in total. The average Bonchev–Trinajstić information content (AvgIpc) is 3.24. The zero-order chi connectivity index (χ0) is 11.7. The first kappa shape index (κ1) is 10.9. The Bertz CT molecular complexity index is 366. The maximum Gasteiger partial charge on any atom is 0.0642 e. The molecule has 17 heavy (non-hydrogen) atoms. The number of anilines is 2. The molecule has 1 aromatic rings. The Hall–Kier alpha value is -1.22. The quantitative estimate of drug-likeness (QED) is 0.794. The molecule has 0 aromatic heterocycles. The van der Waals surface area contributed by atoms with Crippen molar-refractivity contribution in [3.05, 3.63) is 24.3 Å². The van der Waals surface area contributed by atoms with E-state index in [9.17, 15) is 0 Å². The van der Waals surface area contributed by atoms with E-state index in [0.29, 0.717) is 0 Å². The van der Waals surface area contributed by atoms with Crippen LogP contribution in [0.5, 0.6) is 0 Å². The number of hydrogen-bond acceptors (Lipinski definition) is 3. The highest BCUT2D eigenvalue weighted by atomic mass is 16.5. The van der Waals surface area contributed by atoms with E-state index < -0.39 is 0 Å². The van der Waals surface area contributed by atoms with Crippen molar-refractivity contribution in [1.82, 2.24) is 0 Å². The predicted molar refractivity (Wildman–Crippen MR) is 70.9 cm³/mol. The minimum absolute atomic E-state index is 0.782. The van der Waals surface area contributed by atoms with Crippen molar-refractivity contribution < 1.29 is 4.74 Å². The van der Waals surface area contributed by atoms with Crippen molar-refractivity contribution in [2.24, 2.45) is 0 Å². The van der Waals surface area contributed by atoms with E-state index in [1.54, 1.807) is 0 Å². The molecule has 2 aliphatic rings. The van der Waals surface area contributed by atoms with Crippen molar-refractivity contribution in [1.29, 1.82) is 0 Å². The van der Waals surface area contributed by atoms with Crippen LogP contribution in [0, 0.1) is 0 Å². The lowest BCUT2D eigenvalue weighted by molar-refractivity contribution is 0.122. The smallest absolute Gasteiger partial charge is 0.0642 e. The first-order valence-electron chi connectivity index (χ1n) is 6.50. The standard InChI is InChI=1S/C14H20N2O/c1-15(12-2-3-12)13-4-6-14(7-5-13)16-8-10-17-11-9-16/h4-7,12H,2-3,8-11H2,1H3. The minimum atomic E-state index is 0.782. The van der Waals surface area contributed by atoms with E-state index in [1.165, 1.54) is 24.2 Å². The van der Waals surface area contributed by atoms with Gasteiger partial charge in [0, 0.05) is 37.6 Å². The summed E-state index contributed by atoms with van der Waals surface area (Å²) in [6.45, 7) is 3.73. The Kier molecular flexibility index (Phi) is 2.93. The molecule has 2 fully saturated rings. The first-order chi connectivity index (χ1) is 8.34. The van der Waals surface area contributed by atoms with Gasteiger partial charge >= 0.3 is 0 Å². The Morgan fingerprint density at radius 1 is 1.12 bits per heavy atom. The van der Waals surface area contributed by atoms with E-state index in [0.717, 1.165) is 32.3 Å². The lowest BCUT2D eigenvalue weighted by Gasteiger charge is -2.29. The van der Waals surface area contributed by atoms with Crippen LogP contribution in [0.3, 0.4) is 0 Å². The molecule has 3 rings (SSSR count). The fraction of sp³-hybridized carbons (Fsp3) is 0.571. The third kappa shape index (κ3) is 2.39. The Morgan fingerprint density at radius 2 is 1.76 bits per heavy atom. The third-order valence-electron chi connectivity index (χ3n) is 3.73. The minimum Gasteiger partial charge on any atom is -0.378 e. The van der Waals surface area contributed by atoms with Crippen LogP contribution in [-0.2, 0) is 4.74 Å². The molecular formula is C14H20N2O. The Balaban J connectivity index is 1.70. The summed E-state index contributed by atoms with van der Waals surface area (Å²) in [6, 6.07) is 9.73. The lowest BCUT2D eigenvalue weighted by atomic mass is 10.2. The van der Waals surface area contributed by atoms with E-state index >= 15 is 0 Å². The second kappa shape index (κ2) is 4.57. The molecular weight excluding hydrogens is 212 g/mol. The van der Waals surface area contributed by atoms with Crippen LogP contribution in [0.25, 0.3) is 0 Å². The van der Waals surface area contributed by atoms with E-state index in [4.69, 9.17) is 4.74 Å². The first-order valence-corrected chi connectivity index (χ1v) is 6.50. The van der Waals surface area contributed by atoms with Gasteiger partial charge in [-0.3, -0.25) is 0 Å². The van der Waals surface area contributed by atoms with Crippen molar-refractivity contribution in [3.8, 4) is 0 Å². The van der Waals surface area contributed by atoms with Gasteiger partial charge in [0.2, 0.25) is 0 Å². The monoisotopic (exact) mass is 232 g/mol. The number of benzene rings is 1. The number of nitrogens with zero attached hydrogens (tertiary/aromatic N) is 2. The molecule has 0 atom stereocenters. The summed E-state index contributed by atoms with van der Waals surface area (Å²) in [6.07, 6.45) is 2.70. The van der Waals surface area contributed by atoms with Gasteiger partial charge in [-0.05, 0) is 37.1 Å². The maximum absolute atomic E-state index is 5.37. The summed E-state index contributed by atoms with van der Waals surface area (Å²) in [5.41, 5.74) is 2.66. The van der Waals surface area contributed by atoms with Gasteiger partial charge < -0.3 is 14.5 Å². The van der Waals surface area contributed by atoms with Crippen LogP contribution in [-0.4, -0.2) is 39.4 Å². The molecule has 3 heteroatoms. The normalized spacial score (nSPS) is 20.4. The van der Waals surface area contributed by atoms with Crippen molar-refractivity contribution in [2.75, 3.05) is 43.2 Å². The molecule has 0 unspecified atom stereocenters. The summed E-state index contributed by atoms with van der Waals surface area (Å²) < 4.78 is 5.37. The summed E-state index contributed by atoms with van der Waals surface area (Å²) in [5.74, 6) is 0. The highest BCUT2D eigenvalue weighted by molar-refractivity contribution is 5.57. The lowest BCUT2D eigenvalue weighted by Crippen LogP contribution is -2.36. The van der Waals surface area contributed by atoms with Crippen LogP contribution in [0.15, 0.2) is 24.3 Å². The molecule has 0 bridgehead atoms. The van der Waals surface area contributed by atoms with Gasteiger partial charge in [0.25, 0.3) is 0 Å². The van der Waals surface area contributed by atoms with Gasteiger partial charge in [0.05, 0.1) is 13.2 Å². The van der Waals surface area contributed by atoms with E-state index in [1.807, 2.05) is 0 Å². The van der Waals surface area contributed by atoms with Crippen molar-refractivity contribution in [2.45, 2.75) is 18.9 Å². The van der Waals surface area contributed by atoms with Gasteiger partial charge in [-0.1, -0.05) is 0 Å². The summed E-state index contributed by atoms with van der Waals surface area (Å²) in [5, 5.41) is 0. The predicted octanol–water partition coefficient (Wildman–Crippen LogP) is 2.12. The summed E-state index contributed by atoms with van der Waals surface area (Å²) in [7, 11) is 2.20. The molecule has 0 amide bonds. The topological polar surface area (TPSA) is 15.7 Å². The summed E-state index contributed by atoms with van der Waals surface area (Å²) in [4.78, 5) is 4.79. The summed E-state index contributed by atoms with van der Waals surface area (Å²) >= 11 is 0. The highest BCUT2D eigenvalue weighted by Gasteiger charge is 2.26. The molecule has 0 radical (unpaired) electrons. The van der Waals surface area contributed by atoms with Gasteiger partial charge in [0.15, 0.2) is 0 Å². The van der Waals surface area contributed by atoms with Gasteiger partial charge in [-0.25, -0.2) is 0 Å². The van der Waals surface area contributed by atoms with Crippen LogP contribution < -0.4 is 9.80 Å². The van der Waals surface area contributed by atoms with Crippen LogP contribution in [0.4, 0.5) is 11.4 Å². The fourth-order valence-corrected chi connectivity index (χ4v) is 2.39. The second-order valence-corrected chi connectivity index (χ2v) is 4.96. The van der Waals surface area contributed by atoms with Gasteiger partial charge in [-0.2, -0.15) is 0 Å². The highest BCUT2D eigenvalue weighted by Crippen LogP contribution is 2.31. The number of rotatable bonds is 3. The molecule has 0 N–H and O–H groups in total. The molecule has 1 aliphatic heterocycles. The molecule has 92 valence electrons. The van der Waals surface area contributed by atoms with E-state index in [2.05, 4.69) is 41.1 Å². The zero-order valence-corrected chi connectivity index (χ0v) is 10.4. The number of ether oxygens (including phenoxy) is 1. The van der Waals surface area contributed by atoms with Crippen molar-refractivity contribution >= 4 is 11.4 Å². The number of morpholine rings is 1. The Morgan fingerprint density at radius 3 is 2.35 bits per heavy atom. The molecule has 0 spiro atoms.